The van der Waals surface area contributed by atoms with E-state index < -0.39 is 28.4 Å². The summed E-state index contributed by atoms with van der Waals surface area (Å²) in [4.78, 5) is 13.5. The van der Waals surface area contributed by atoms with Gasteiger partial charge in [0.25, 0.3) is 0 Å². The second-order valence-electron chi connectivity index (χ2n) is 13.2. The largest absolute Gasteiger partial charge is 0.508 e. The number of rotatable bonds is 5. The number of terminal acetylenes is 2. The van der Waals surface area contributed by atoms with E-state index >= 15 is 8.78 Å². The molecule has 0 spiro atoms. The molecule has 7 nitrogen and oxygen atoms in total. The lowest BCUT2D eigenvalue weighted by Crippen LogP contribution is -2.51. The summed E-state index contributed by atoms with van der Waals surface area (Å²) in [5.74, 6) is 2.66. The molecule has 0 amide bonds. The van der Waals surface area contributed by atoms with Crippen molar-refractivity contribution in [1.82, 2.24) is 20.2 Å². The monoisotopic (exact) mass is 625 g/mol. The van der Waals surface area contributed by atoms with E-state index in [9.17, 15) is 9.50 Å². The van der Waals surface area contributed by atoms with Crippen molar-refractivity contribution in [3.8, 4) is 47.6 Å². The Morgan fingerprint density at radius 3 is 2.54 bits per heavy atom. The summed E-state index contributed by atoms with van der Waals surface area (Å²) in [6.07, 6.45) is 14.4. The predicted molar refractivity (Wildman–Crippen MR) is 172 cm³/mol. The summed E-state index contributed by atoms with van der Waals surface area (Å²) < 4.78 is 54.2. The van der Waals surface area contributed by atoms with Gasteiger partial charge in [0.2, 0.25) is 0 Å². The molecule has 0 radical (unpaired) electrons. The molecule has 0 unspecified atom stereocenters. The Labute approximate surface area is 265 Å². The van der Waals surface area contributed by atoms with Crippen molar-refractivity contribution in [2.24, 2.45) is 11.3 Å². The van der Waals surface area contributed by atoms with Crippen LogP contribution in [0.3, 0.4) is 0 Å². The molecule has 236 valence electrons. The number of halogens is 3. The van der Waals surface area contributed by atoms with Crippen LogP contribution in [0.25, 0.3) is 32.8 Å². The van der Waals surface area contributed by atoms with Crippen LogP contribution in [0.4, 0.5) is 19.0 Å². The van der Waals surface area contributed by atoms with Crippen LogP contribution < -0.4 is 15.0 Å². The molecule has 4 atom stereocenters. The van der Waals surface area contributed by atoms with Gasteiger partial charge in [-0.05, 0) is 62.5 Å². The van der Waals surface area contributed by atoms with E-state index in [0.717, 1.165) is 31.9 Å². The quantitative estimate of drug-likeness (QED) is 0.285. The smallest absolute Gasteiger partial charge is 0.319 e. The van der Waals surface area contributed by atoms with Crippen molar-refractivity contribution in [3.63, 3.8) is 0 Å². The Morgan fingerprint density at radius 1 is 1.07 bits per heavy atom. The molecule has 3 aliphatic rings. The maximum absolute atomic E-state index is 16.9. The van der Waals surface area contributed by atoms with E-state index in [4.69, 9.17) is 22.6 Å². The number of anilines is 1. The van der Waals surface area contributed by atoms with Crippen LogP contribution in [0.1, 0.15) is 31.7 Å². The molecule has 10 heteroatoms. The van der Waals surface area contributed by atoms with Gasteiger partial charge >= 0.3 is 6.01 Å². The van der Waals surface area contributed by atoms with Crippen molar-refractivity contribution in [2.75, 3.05) is 44.7 Å². The highest BCUT2D eigenvalue weighted by molar-refractivity contribution is 6.04. The fraction of sp³-hybridized carbons (Fsp3) is 0.389. The van der Waals surface area contributed by atoms with Gasteiger partial charge in [0.15, 0.2) is 5.82 Å². The number of aromatic nitrogens is 2. The van der Waals surface area contributed by atoms with Gasteiger partial charge in [-0.25, -0.2) is 13.2 Å². The Bertz CT molecular complexity index is 1960. The third-order valence-electron chi connectivity index (χ3n) is 9.83. The number of piperidine rings is 1. The van der Waals surface area contributed by atoms with Crippen molar-refractivity contribution in [2.45, 2.75) is 38.3 Å². The number of ether oxygens (including phenoxy) is 1. The first kappa shape index (κ1) is 30.2. The van der Waals surface area contributed by atoms with E-state index in [2.05, 4.69) is 34.0 Å². The second-order valence-corrected chi connectivity index (χ2v) is 13.2. The Hall–Kier alpha value is -4.51. The van der Waals surface area contributed by atoms with E-state index in [1.807, 2.05) is 11.9 Å². The van der Waals surface area contributed by atoms with E-state index in [0.29, 0.717) is 30.8 Å². The molecular weight excluding hydrogens is 591 g/mol. The molecule has 4 aromatic rings. The highest BCUT2D eigenvalue weighted by Crippen LogP contribution is 2.42. The van der Waals surface area contributed by atoms with Crippen LogP contribution in [0.2, 0.25) is 0 Å². The number of nitrogens with zero attached hydrogens (tertiary/aromatic N) is 4. The zero-order valence-corrected chi connectivity index (χ0v) is 25.7. The minimum absolute atomic E-state index is 0.0327. The number of hydrogen-bond acceptors (Lipinski definition) is 7. The molecule has 3 aliphatic heterocycles. The number of piperazine rings is 1. The average molecular weight is 626 g/mol. The van der Waals surface area contributed by atoms with Gasteiger partial charge in [-0.2, -0.15) is 9.97 Å². The Kier molecular flexibility index (Phi) is 7.46. The molecule has 3 saturated heterocycles. The van der Waals surface area contributed by atoms with E-state index in [1.54, 1.807) is 0 Å². The van der Waals surface area contributed by atoms with Crippen molar-refractivity contribution >= 4 is 27.5 Å². The molecular formula is C36H34F3N5O2. The van der Waals surface area contributed by atoms with Gasteiger partial charge in [-0.15, -0.1) is 18.8 Å². The van der Waals surface area contributed by atoms with Gasteiger partial charge in [0, 0.05) is 59.4 Å². The molecule has 4 heterocycles. The summed E-state index contributed by atoms with van der Waals surface area (Å²) >= 11 is 0. The molecule has 1 aromatic heterocycles. The molecule has 2 bridgehead atoms. The standard InChI is InChI=1S/C36H34F3N5O2/c1-5-21-11-12-43(4)18-36(21,3)19-46-35-41-33-27(34(42-35)44-16-22-8-9-23(17-44)40-22)15-29(38)31(32(33)39)26-14-24(45)13-20-7-10-28(37)25(6-2)30(20)26/h1-2,7,10,13-15,21-23,40,45H,8-9,11-12,16-19H2,3-4H3/t21-,22-,23+,36-/m0/s1. The SMILES string of the molecule is C#Cc1c(F)ccc2cc(O)cc(-c3c(F)cc4c(N5C[C@H]6CC[C@@H](C5)N6)nc(OC[C@]5(C)CN(C)CC[C@@H]5C#C)nc4c3F)c12. The van der Waals surface area contributed by atoms with Gasteiger partial charge < -0.3 is 25.0 Å². The van der Waals surface area contributed by atoms with Crippen LogP contribution in [-0.2, 0) is 0 Å². The number of fused-ring (bicyclic) bond motifs is 4. The first-order valence-electron chi connectivity index (χ1n) is 15.5. The number of phenols is 1. The van der Waals surface area contributed by atoms with Gasteiger partial charge in [-0.1, -0.05) is 18.9 Å². The third kappa shape index (κ3) is 5.06. The lowest BCUT2D eigenvalue weighted by Gasteiger charge is -2.42. The van der Waals surface area contributed by atoms with Crippen LogP contribution in [0.5, 0.6) is 11.8 Å². The third-order valence-corrected chi connectivity index (χ3v) is 9.83. The van der Waals surface area contributed by atoms with Gasteiger partial charge in [0.05, 0.1) is 17.7 Å². The molecule has 46 heavy (non-hydrogen) atoms. The average Bonchev–Trinajstić information content (AvgIpc) is 3.37. The normalized spacial score (nSPS) is 24.7. The first-order chi connectivity index (χ1) is 22.1. The summed E-state index contributed by atoms with van der Waals surface area (Å²) in [5, 5.41) is 14.7. The zero-order chi connectivity index (χ0) is 32.3. The first-order valence-corrected chi connectivity index (χ1v) is 15.5. The van der Waals surface area contributed by atoms with Crippen molar-refractivity contribution in [1.29, 1.82) is 0 Å². The maximum atomic E-state index is 16.9. The minimum Gasteiger partial charge on any atom is -0.508 e. The molecule has 3 aromatic carbocycles. The Balaban J connectivity index is 1.41. The number of likely N-dealkylation sites (tertiary alicyclic amines) is 1. The topological polar surface area (TPSA) is 73.8 Å². The fourth-order valence-electron chi connectivity index (χ4n) is 7.61. The lowest BCUT2D eigenvalue weighted by molar-refractivity contribution is 0.0353. The minimum atomic E-state index is -0.995. The Morgan fingerprint density at radius 2 is 1.83 bits per heavy atom. The highest BCUT2D eigenvalue weighted by atomic mass is 19.1. The molecule has 0 saturated carbocycles. The molecule has 7 rings (SSSR count). The van der Waals surface area contributed by atoms with Gasteiger partial charge in [-0.3, -0.25) is 0 Å². The number of phenolic OH excluding ortho intramolecular Hbond substituents is 1. The van der Waals surface area contributed by atoms with Crippen molar-refractivity contribution < 1.29 is 23.0 Å². The summed E-state index contributed by atoms with van der Waals surface area (Å²) in [7, 11) is 2.03. The zero-order valence-electron chi connectivity index (χ0n) is 25.7. The number of benzene rings is 3. The van der Waals surface area contributed by atoms with Gasteiger partial charge in [0.1, 0.15) is 28.7 Å². The number of nitrogens with one attached hydrogen (secondary N) is 1. The van der Waals surface area contributed by atoms with Crippen molar-refractivity contribution in [3.05, 3.63) is 53.3 Å². The summed E-state index contributed by atoms with van der Waals surface area (Å²) in [5.41, 5.74) is -1.30. The lowest BCUT2D eigenvalue weighted by atomic mass is 9.73. The maximum Gasteiger partial charge on any atom is 0.319 e. The molecule has 3 fully saturated rings. The number of aromatic hydroxyl groups is 1. The van der Waals surface area contributed by atoms with Crippen LogP contribution in [-0.4, -0.2) is 71.9 Å². The van der Waals surface area contributed by atoms with E-state index in [-0.39, 0.29) is 63.8 Å². The van der Waals surface area contributed by atoms with E-state index in [1.165, 1.54) is 24.3 Å². The fourth-order valence-corrected chi connectivity index (χ4v) is 7.61. The molecule has 2 N–H and O–H groups in total. The van der Waals surface area contributed by atoms with Crippen LogP contribution in [0.15, 0.2) is 30.3 Å². The summed E-state index contributed by atoms with van der Waals surface area (Å²) in [6, 6.07) is 6.73. The second kappa shape index (κ2) is 11.4. The summed E-state index contributed by atoms with van der Waals surface area (Å²) in [6.45, 7) is 5.05. The highest BCUT2D eigenvalue weighted by Gasteiger charge is 2.39. The van der Waals surface area contributed by atoms with Crippen LogP contribution >= 0.6 is 0 Å². The number of hydrogen-bond donors (Lipinski definition) is 2. The van der Waals surface area contributed by atoms with Crippen LogP contribution in [0, 0.1) is 53.5 Å². The molecule has 0 aliphatic carbocycles. The predicted octanol–water partition coefficient (Wildman–Crippen LogP) is 5.46.